The molecule has 1 heterocycles. The van der Waals surface area contributed by atoms with Gasteiger partial charge in [-0.25, -0.2) is 4.79 Å². The molecule has 3 N–H and O–H groups in total. The predicted octanol–water partition coefficient (Wildman–Crippen LogP) is 0.252. The number of carboxylic acid groups (broad SMARTS) is 1. The maximum atomic E-state index is 10.2. The molecule has 4 heteroatoms. The first-order valence-electron chi connectivity index (χ1n) is 3.90. The number of amides is 1. The third-order valence-corrected chi connectivity index (χ3v) is 2.16. The number of carbonyl (C=O) groups is 1. The van der Waals surface area contributed by atoms with Crippen molar-refractivity contribution in [1.82, 2.24) is 10.6 Å². The van der Waals surface area contributed by atoms with Crippen LogP contribution in [0.15, 0.2) is 0 Å². The highest BCUT2D eigenvalue weighted by Crippen LogP contribution is 2.11. The van der Waals surface area contributed by atoms with Gasteiger partial charge in [0.15, 0.2) is 0 Å². The zero-order valence-electron chi connectivity index (χ0n) is 6.63. The maximum Gasteiger partial charge on any atom is 0.404 e. The SMILES string of the molecule is C[C@H](NC(=O)O)[C@@H]1CCNC1. The fourth-order valence-corrected chi connectivity index (χ4v) is 1.42. The van der Waals surface area contributed by atoms with Crippen LogP contribution in [-0.4, -0.2) is 30.3 Å². The number of hydrogen-bond donors (Lipinski definition) is 3. The molecule has 1 saturated heterocycles. The highest BCUT2D eigenvalue weighted by molar-refractivity contribution is 5.64. The van der Waals surface area contributed by atoms with E-state index in [0.29, 0.717) is 5.92 Å². The molecule has 1 amide bonds. The van der Waals surface area contributed by atoms with E-state index in [1.165, 1.54) is 0 Å². The Balaban J connectivity index is 2.28. The summed E-state index contributed by atoms with van der Waals surface area (Å²) in [7, 11) is 0. The van der Waals surface area contributed by atoms with Crippen molar-refractivity contribution in [1.29, 1.82) is 0 Å². The van der Waals surface area contributed by atoms with E-state index in [4.69, 9.17) is 5.11 Å². The van der Waals surface area contributed by atoms with Crippen LogP contribution in [0.3, 0.4) is 0 Å². The van der Waals surface area contributed by atoms with Gasteiger partial charge in [-0.15, -0.1) is 0 Å². The van der Waals surface area contributed by atoms with Gasteiger partial charge in [-0.3, -0.25) is 0 Å². The van der Waals surface area contributed by atoms with Crippen LogP contribution in [0.4, 0.5) is 4.79 Å². The Labute approximate surface area is 66.0 Å². The Morgan fingerprint density at radius 1 is 1.82 bits per heavy atom. The van der Waals surface area contributed by atoms with Crippen LogP contribution in [0.2, 0.25) is 0 Å². The molecule has 0 unspecified atom stereocenters. The number of rotatable bonds is 2. The second-order valence-corrected chi connectivity index (χ2v) is 2.99. The Kier molecular flexibility index (Phi) is 2.70. The molecule has 0 aromatic rings. The van der Waals surface area contributed by atoms with Crippen LogP contribution >= 0.6 is 0 Å². The summed E-state index contributed by atoms with van der Waals surface area (Å²) in [5.41, 5.74) is 0. The summed E-state index contributed by atoms with van der Waals surface area (Å²) in [6.07, 6.45) is 0.144. The van der Waals surface area contributed by atoms with Crippen molar-refractivity contribution in [2.75, 3.05) is 13.1 Å². The van der Waals surface area contributed by atoms with E-state index in [0.717, 1.165) is 19.5 Å². The summed E-state index contributed by atoms with van der Waals surface area (Å²) >= 11 is 0. The summed E-state index contributed by atoms with van der Waals surface area (Å²) < 4.78 is 0. The van der Waals surface area contributed by atoms with Crippen LogP contribution < -0.4 is 10.6 Å². The first-order valence-corrected chi connectivity index (χ1v) is 3.90. The summed E-state index contributed by atoms with van der Waals surface area (Å²) in [6.45, 7) is 3.85. The second-order valence-electron chi connectivity index (χ2n) is 2.99. The lowest BCUT2D eigenvalue weighted by atomic mass is 10.0. The maximum absolute atomic E-state index is 10.2. The van der Waals surface area contributed by atoms with Crippen molar-refractivity contribution in [2.45, 2.75) is 19.4 Å². The zero-order valence-corrected chi connectivity index (χ0v) is 6.63. The fraction of sp³-hybridized carbons (Fsp3) is 0.857. The van der Waals surface area contributed by atoms with Crippen molar-refractivity contribution < 1.29 is 9.90 Å². The predicted molar refractivity (Wildman–Crippen MR) is 41.6 cm³/mol. The summed E-state index contributed by atoms with van der Waals surface area (Å²) in [5.74, 6) is 0.464. The van der Waals surface area contributed by atoms with Gasteiger partial charge >= 0.3 is 6.09 Å². The molecule has 64 valence electrons. The standard InChI is InChI=1S/C7H14N2O2/c1-5(9-7(10)11)6-2-3-8-4-6/h5-6,8-9H,2-4H2,1H3,(H,10,11)/t5-,6+/m0/s1. The number of nitrogens with one attached hydrogen (secondary N) is 2. The third-order valence-electron chi connectivity index (χ3n) is 2.16. The zero-order chi connectivity index (χ0) is 8.27. The van der Waals surface area contributed by atoms with Gasteiger partial charge in [0.2, 0.25) is 0 Å². The van der Waals surface area contributed by atoms with Gasteiger partial charge < -0.3 is 15.7 Å². The lowest BCUT2D eigenvalue weighted by Gasteiger charge is -2.17. The van der Waals surface area contributed by atoms with E-state index >= 15 is 0 Å². The molecular weight excluding hydrogens is 144 g/mol. The molecule has 1 rings (SSSR count). The normalized spacial score (nSPS) is 26.5. The van der Waals surface area contributed by atoms with Crippen LogP contribution in [0.25, 0.3) is 0 Å². The van der Waals surface area contributed by atoms with Gasteiger partial charge in [0.1, 0.15) is 0 Å². The van der Waals surface area contributed by atoms with Gasteiger partial charge in [-0.05, 0) is 32.4 Å². The fourth-order valence-electron chi connectivity index (χ4n) is 1.42. The summed E-state index contributed by atoms with van der Waals surface area (Å²) in [5, 5.41) is 14.1. The van der Waals surface area contributed by atoms with E-state index in [1.54, 1.807) is 0 Å². The average molecular weight is 158 g/mol. The highest BCUT2D eigenvalue weighted by Gasteiger charge is 2.21. The number of hydrogen-bond acceptors (Lipinski definition) is 2. The minimum Gasteiger partial charge on any atom is -0.465 e. The van der Waals surface area contributed by atoms with Crippen molar-refractivity contribution in [3.8, 4) is 0 Å². The van der Waals surface area contributed by atoms with Crippen LogP contribution in [0.1, 0.15) is 13.3 Å². The summed E-state index contributed by atoms with van der Waals surface area (Å²) in [4.78, 5) is 10.2. The van der Waals surface area contributed by atoms with Gasteiger partial charge in [-0.2, -0.15) is 0 Å². The average Bonchev–Trinajstić information content (AvgIpc) is 2.35. The molecule has 0 aromatic carbocycles. The van der Waals surface area contributed by atoms with Crippen LogP contribution in [0.5, 0.6) is 0 Å². The van der Waals surface area contributed by atoms with Gasteiger partial charge in [0.25, 0.3) is 0 Å². The van der Waals surface area contributed by atoms with Gasteiger partial charge in [0, 0.05) is 6.04 Å². The Hall–Kier alpha value is -0.770. The largest absolute Gasteiger partial charge is 0.465 e. The third kappa shape index (κ3) is 2.38. The monoisotopic (exact) mass is 158 g/mol. The molecular formula is C7H14N2O2. The van der Waals surface area contributed by atoms with Crippen LogP contribution in [0, 0.1) is 5.92 Å². The molecule has 11 heavy (non-hydrogen) atoms. The Bertz CT molecular complexity index is 143. The minimum absolute atomic E-state index is 0.0718. The van der Waals surface area contributed by atoms with Gasteiger partial charge in [0.05, 0.1) is 0 Å². The smallest absolute Gasteiger partial charge is 0.404 e. The molecule has 1 aliphatic heterocycles. The van der Waals surface area contributed by atoms with E-state index in [2.05, 4.69) is 10.6 Å². The van der Waals surface area contributed by atoms with E-state index in [1.807, 2.05) is 6.92 Å². The molecule has 0 saturated carbocycles. The molecule has 0 spiro atoms. The quantitative estimate of drug-likeness (QED) is 0.540. The first kappa shape index (κ1) is 8.33. The van der Waals surface area contributed by atoms with Crippen molar-refractivity contribution >= 4 is 6.09 Å². The molecule has 4 nitrogen and oxygen atoms in total. The van der Waals surface area contributed by atoms with Crippen molar-refractivity contribution in [3.05, 3.63) is 0 Å². The molecule has 1 fully saturated rings. The highest BCUT2D eigenvalue weighted by atomic mass is 16.4. The summed E-state index contributed by atoms with van der Waals surface area (Å²) in [6, 6.07) is 0.0718. The first-order chi connectivity index (χ1) is 5.20. The topological polar surface area (TPSA) is 61.4 Å². The second kappa shape index (κ2) is 3.57. The van der Waals surface area contributed by atoms with E-state index in [-0.39, 0.29) is 6.04 Å². The molecule has 0 radical (unpaired) electrons. The van der Waals surface area contributed by atoms with E-state index < -0.39 is 6.09 Å². The molecule has 1 aliphatic rings. The molecule has 0 aromatic heterocycles. The molecule has 0 bridgehead atoms. The van der Waals surface area contributed by atoms with Crippen LogP contribution in [-0.2, 0) is 0 Å². The Morgan fingerprint density at radius 2 is 2.55 bits per heavy atom. The van der Waals surface area contributed by atoms with Gasteiger partial charge in [-0.1, -0.05) is 0 Å². The molecule has 0 aliphatic carbocycles. The lowest BCUT2D eigenvalue weighted by Crippen LogP contribution is -2.37. The Morgan fingerprint density at radius 3 is 3.00 bits per heavy atom. The lowest BCUT2D eigenvalue weighted by molar-refractivity contribution is 0.186. The minimum atomic E-state index is -0.926. The molecule has 2 atom stereocenters. The van der Waals surface area contributed by atoms with Crippen molar-refractivity contribution in [3.63, 3.8) is 0 Å². The van der Waals surface area contributed by atoms with Crippen molar-refractivity contribution in [2.24, 2.45) is 5.92 Å². The van der Waals surface area contributed by atoms with E-state index in [9.17, 15) is 4.79 Å².